The number of carboxylic acids is 1. The van der Waals surface area contributed by atoms with Crippen molar-refractivity contribution >= 4 is 11.8 Å². The molecule has 12 heteroatoms. The number of aromatic nitrogens is 1. The van der Waals surface area contributed by atoms with Gasteiger partial charge in [0.05, 0.1) is 5.56 Å². The van der Waals surface area contributed by atoms with Crippen molar-refractivity contribution in [2.45, 2.75) is 12.8 Å². The van der Waals surface area contributed by atoms with Gasteiger partial charge in [-0.05, 0) is 9.91 Å². The Labute approximate surface area is 105 Å². The quantitative estimate of drug-likeness (QED) is 0.521. The summed E-state index contributed by atoms with van der Waals surface area (Å²) in [6, 6.07) is 0.0121. The lowest BCUT2D eigenvalue weighted by molar-refractivity contribution is -0.389. The number of carbonyl (C=O) groups is 1. The maximum atomic E-state index is 12.6. The molecule has 0 spiro atoms. The maximum Gasteiger partial charge on any atom is 0.573 e. The predicted octanol–water partition coefficient (Wildman–Crippen LogP) is 2.52. The summed E-state index contributed by atoms with van der Waals surface area (Å²) in [5.41, 5.74) is -3.23. The number of nitro groups is 1. The van der Waals surface area contributed by atoms with Crippen LogP contribution in [-0.4, -0.2) is 27.3 Å². The smallest absolute Gasteiger partial charge is 0.475 e. The molecular formula is C8H3F5N2O5. The molecule has 0 aliphatic rings. The monoisotopic (exact) mass is 302 g/mol. The van der Waals surface area contributed by atoms with E-state index in [0.717, 1.165) is 0 Å². The van der Waals surface area contributed by atoms with Crippen molar-refractivity contribution in [1.29, 1.82) is 0 Å². The first-order valence-corrected chi connectivity index (χ1v) is 4.49. The van der Waals surface area contributed by atoms with E-state index >= 15 is 0 Å². The highest BCUT2D eigenvalue weighted by Crippen LogP contribution is 2.37. The zero-order valence-electron chi connectivity index (χ0n) is 9.02. The zero-order valence-corrected chi connectivity index (χ0v) is 9.02. The Morgan fingerprint density at radius 3 is 2.35 bits per heavy atom. The molecule has 0 atom stereocenters. The van der Waals surface area contributed by atoms with E-state index in [9.17, 15) is 36.9 Å². The first-order chi connectivity index (χ1) is 9.03. The van der Waals surface area contributed by atoms with Gasteiger partial charge in [0.2, 0.25) is 0 Å². The van der Waals surface area contributed by atoms with E-state index in [1.165, 1.54) is 0 Å². The molecule has 110 valence electrons. The standard InChI is InChI=1S/C8H3F5N2O5/c9-6(10)2-1-3(15(18)19)14-4(7(16)17)5(2)20-8(11,12)13/h1,6H,(H,16,17). The number of nitrogens with zero attached hydrogens (tertiary/aromatic N) is 2. The van der Waals surface area contributed by atoms with E-state index in [1.807, 2.05) is 0 Å². The fraction of sp³-hybridized carbons (Fsp3) is 0.250. The number of halogens is 5. The SMILES string of the molecule is O=C(O)c1nc([N+](=O)[O-])cc(C(F)F)c1OC(F)(F)F. The van der Waals surface area contributed by atoms with Gasteiger partial charge >= 0.3 is 23.8 Å². The third kappa shape index (κ3) is 3.49. The molecule has 0 saturated carbocycles. The second-order valence-electron chi connectivity index (χ2n) is 3.16. The molecule has 0 aliphatic carbocycles. The van der Waals surface area contributed by atoms with Gasteiger partial charge in [0, 0.05) is 6.07 Å². The number of hydrogen-bond acceptors (Lipinski definition) is 5. The second kappa shape index (κ2) is 5.22. The Hall–Kier alpha value is -2.53. The van der Waals surface area contributed by atoms with Crippen LogP contribution in [0.25, 0.3) is 0 Å². The highest BCUT2D eigenvalue weighted by Gasteiger charge is 2.39. The Morgan fingerprint density at radius 1 is 1.45 bits per heavy atom. The lowest BCUT2D eigenvalue weighted by Gasteiger charge is -2.12. The average molecular weight is 302 g/mol. The summed E-state index contributed by atoms with van der Waals surface area (Å²) in [6.45, 7) is 0. The zero-order chi connectivity index (χ0) is 15.7. The molecule has 0 aliphatic heterocycles. The van der Waals surface area contributed by atoms with E-state index < -0.39 is 46.5 Å². The van der Waals surface area contributed by atoms with E-state index in [2.05, 4.69) is 9.72 Å². The lowest BCUT2D eigenvalue weighted by Crippen LogP contribution is -2.21. The number of rotatable bonds is 4. The minimum absolute atomic E-state index is 0.0121. The van der Waals surface area contributed by atoms with Crippen molar-refractivity contribution < 1.29 is 41.5 Å². The number of hydrogen-bond donors (Lipinski definition) is 1. The van der Waals surface area contributed by atoms with Crippen LogP contribution in [0.3, 0.4) is 0 Å². The third-order valence-corrected chi connectivity index (χ3v) is 1.83. The summed E-state index contributed by atoms with van der Waals surface area (Å²) < 4.78 is 64.6. The molecule has 1 aromatic rings. The Bertz CT molecular complexity index is 559. The molecular weight excluding hydrogens is 299 g/mol. The Kier molecular flexibility index (Phi) is 4.06. The van der Waals surface area contributed by atoms with Crippen LogP contribution < -0.4 is 4.74 Å². The molecule has 0 bridgehead atoms. The number of alkyl halides is 5. The number of ether oxygens (including phenoxy) is 1. The first-order valence-electron chi connectivity index (χ1n) is 4.49. The van der Waals surface area contributed by atoms with Crippen molar-refractivity contribution in [3.63, 3.8) is 0 Å². The van der Waals surface area contributed by atoms with E-state index in [1.54, 1.807) is 0 Å². The Balaban J connectivity index is 3.59. The van der Waals surface area contributed by atoms with E-state index in [-0.39, 0.29) is 6.07 Å². The highest BCUT2D eigenvalue weighted by molar-refractivity contribution is 5.89. The average Bonchev–Trinajstić information content (AvgIpc) is 2.25. The van der Waals surface area contributed by atoms with Gasteiger partial charge in [-0.25, -0.2) is 13.6 Å². The van der Waals surface area contributed by atoms with Crippen molar-refractivity contribution in [3.05, 3.63) is 27.4 Å². The van der Waals surface area contributed by atoms with Crippen molar-refractivity contribution in [3.8, 4) is 5.75 Å². The van der Waals surface area contributed by atoms with Crippen molar-refractivity contribution in [2.75, 3.05) is 0 Å². The van der Waals surface area contributed by atoms with Crippen LogP contribution in [0.1, 0.15) is 22.5 Å². The number of carboxylic acid groups (broad SMARTS) is 1. The van der Waals surface area contributed by atoms with Gasteiger partial charge in [-0.15, -0.1) is 13.2 Å². The molecule has 0 unspecified atom stereocenters. The summed E-state index contributed by atoms with van der Waals surface area (Å²) in [5, 5.41) is 19.0. The lowest BCUT2D eigenvalue weighted by atomic mass is 10.2. The molecule has 0 amide bonds. The minimum Gasteiger partial charge on any atom is -0.475 e. The van der Waals surface area contributed by atoms with Crippen LogP contribution in [0.4, 0.5) is 27.8 Å². The molecule has 1 heterocycles. The highest BCUT2D eigenvalue weighted by atomic mass is 19.4. The van der Waals surface area contributed by atoms with Crippen LogP contribution in [0, 0.1) is 10.1 Å². The second-order valence-corrected chi connectivity index (χ2v) is 3.16. The van der Waals surface area contributed by atoms with Crippen LogP contribution in [0.2, 0.25) is 0 Å². The molecule has 0 saturated heterocycles. The normalized spacial score (nSPS) is 11.5. The summed E-state index contributed by atoms with van der Waals surface area (Å²) in [6.07, 6.45) is -9.10. The largest absolute Gasteiger partial charge is 0.573 e. The number of aromatic carboxylic acids is 1. The van der Waals surface area contributed by atoms with Gasteiger partial charge in [0.15, 0.2) is 5.75 Å². The van der Waals surface area contributed by atoms with Gasteiger partial charge in [0.1, 0.15) is 0 Å². The molecule has 1 N–H and O–H groups in total. The van der Waals surface area contributed by atoms with Crippen molar-refractivity contribution in [2.24, 2.45) is 0 Å². The molecule has 0 radical (unpaired) electrons. The van der Waals surface area contributed by atoms with Crippen LogP contribution in [0.5, 0.6) is 5.75 Å². The van der Waals surface area contributed by atoms with Crippen LogP contribution in [0.15, 0.2) is 6.07 Å². The summed E-state index contributed by atoms with van der Waals surface area (Å²) in [4.78, 5) is 22.5. The molecule has 0 fully saturated rings. The molecule has 1 rings (SSSR count). The maximum absolute atomic E-state index is 12.6. The first kappa shape index (κ1) is 15.5. The van der Waals surface area contributed by atoms with E-state index in [4.69, 9.17) is 5.11 Å². The third-order valence-electron chi connectivity index (χ3n) is 1.83. The summed E-state index contributed by atoms with van der Waals surface area (Å²) in [5.74, 6) is -5.31. The molecule has 0 aromatic carbocycles. The van der Waals surface area contributed by atoms with Crippen LogP contribution >= 0.6 is 0 Å². The van der Waals surface area contributed by atoms with Gasteiger partial charge < -0.3 is 20.0 Å². The van der Waals surface area contributed by atoms with Gasteiger partial charge in [-0.3, -0.25) is 0 Å². The minimum atomic E-state index is -5.47. The van der Waals surface area contributed by atoms with Gasteiger partial charge in [-0.1, -0.05) is 0 Å². The van der Waals surface area contributed by atoms with Gasteiger partial charge in [0.25, 0.3) is 6.43 Å². The molecule has 1 aromatic heterocycles. The van der Waals surface area contributed by atoms with Crippen LogP contribution in [-0.2, 0) is 0 Å². The fourth-order valence-corrected chi connectivity index (χ4v) is 1.16. The topological polar surface area (TPSA) is 103 Å². The molecule has 7 nitrogen and oxygen atoms in total. The van der Waals surface area contributed by atoms with Gasteiger partial charge in [-0.2, -0.15) is 0 Å². The van der Waals surface area contributed by atoms with E-state index in [0.29, 0.717) is 0 Å². The summed E-state index contributed by atoms with van der Waals surface area (Å²) in [7, 11) is 0. The predicted molar refractivity (Wildman–Crippen MR) is 49.5 cm³/mol. The number of pyridine rings is 1. The summed E-state index contributed by atoms with van der Waals surface area (Å²) >= 11 is 0. The molecule has 20 heavy (non-hydrogen) atoms. The fourth-order valence-electron chi connectivity index (χ4n) is 1.16. The van der Waals surface area contributed by atoms with Crippen molar-refractivity contribution in [1.82, 2.24) is 4.98 Å². The Morgan fingerprint density at radius 2 is 2.00 bits per heavy atom.